The molecule has 0 atom stereocenters. The second-order valence-corrected chi connectivity index (χ2v) is 7.64. The van der Waals surface area contributed by atoms with Gasteiger partial charge in [-0.15, -0.1) is 11.3 Å². The Labute approximate surface area is 170 Å². The zero-order valence-electron chi connectivity index (χ0n) is 16.7. The molecule has 28 heavy (non-hydrogen) atoms. The van der Waals surface area contributed by atoms with Gasteiger partial charge in [0.2, 0.25) is 0 Å². The molecular weight excluding hydrogens is 370 g/mol. The molecule has 0 aliphatic carbocycles. The average Bonchev–Trinajstić information content (AvgIpc) is 3.14. The van der Waals surface area contributed by atoms with E-state index in [2.05, 4.69) is 32.2 Å². The molecule has 3 aromatic rings. The number of hydrogen-bond donors (Lipinski definition) is 1. The van der Waals surface area contributed by atoms with Crippen LogP contribution in [-0.2, 0) is 6.61 Å². The Kier molecular flexibility index (Phi) is 6.37. The molecular formula is C23H25NO3S. The Bertz CT molecular complexity index is 960. The molecule has 1 heterocycles. The molecule has 1 N–H and O–H groups in total. The van der Waals surface area contributed by atoms with Gasteiger partial charge in [0.25, 0.3) is 5.91 Å². The van der Waals surface area contributed by atoms with Crippen LogP contribution in [0.2, 0.25) is 0 Å². The van der Waals surface area contributed by atoms with Crippen molar-refractivity contribution < 1.29 is 14.3 Å². The number of aryl methyl sites for hydroxylation is 2. The van der Waals surface area contributed by atoms with Crippen LogP contribution in [0.1, 0.15) is 38.8 Å². The molecule has 4 nitrogen and oxygen atoms in total. The number of thiophene rings is 1. The van der Waals surface area contributed by atoms with E-state index in [1.54, 1.807) is 0 Å². The van der Waals surface area contributed by atoms with Gasteiger partial charge >= 0.3 is 0 Å². The number of anilines is 1. The van der Waals surface area contributed by atoms with E-state index in [1.807, 2.05) is 48.7 Å². The van der Waals surface area contributed by atoms with Crippen molar-refractivity contribution in [2.24, 2.45) is 0 Å². The maximum absolute atomic E-state index is 12.5. The van der Waals surface area contributed by atoms with Gasteiger partial charge < -0.3 is 14.8 Å². The lowest BCUT2D eigenvalue weighted by Gasteiger charge is -2.11. The summed E-state index contributed by atoms with van der Waals surface area (Å²) < 4.78 is 11.4. The van der Waals surface area contributed by atoms with Crippen LogP contribution in [-0.4, -0.2) is 12.5 Å². The van der Waals surface area contributed by atoms with Crippen LogP contribution in [0.15, 0.2) is 47.8 Å². The molecule has 3 rings (SSSR count). The number of hydrogen-bond acceptors (Lipinski definition) is 4. The van der Waals surface area contributed by atoms with Crippen molar-refractivity contribution in [3.8, 4) is 11.5 Å². The van der Waals surface area contributed by atoms with Crippen molar-refractivity contribution in [2.45, 2.75) is 34.3 Å². The van der Waals surface area contributed by atoms with Crippen molar-refractivity contribution in [1.29, 1.82) is 0 Å². The highest BCUT2D eigenvalue weighted by Crippen LogP contribution is 2.25. The highest BCUT2D eigenvalue weighted by molar-refractivity contribution is 7.12. The zero-order chi connectivity index (χ0) is 20.1. The van der Waals surface area contributed by atoms with E-state index in [-0.39, 0.29) is 5.91 Å². The summed E-state index contributed by atoms with van der Waals surface area (Å²) in [5, 5.41) is 4.88. The maximum Gasteiger partial charge on any atom is 0.265 e. The van der Waals surface area contributed by atoms with Gasteiger partial charge in [0, 0.05) is 11.3 Å². The fraction of sp³-hybridized carbons (Fsp3) is 0.261. The molecule has 0 fully saturated rings. The first-order chi connectivity index (χ1) is 13.5. The van der Waals surface area contributed by atoms with E-state index in [1.165, 1.54) is 22.5 Å². The second-order valence-electron chi connectivity index (χ2n) is 6.72. The molecule has 2 aromatic carbocycles. The second kappa shape index (κ2) is 8.93. The molecule has 146 valence electrons. The number of carbonyl (C=O) groups is 1. The Morgan fingerprint density at radius 2 is 1.79 bits per heavy atom. The van der Waals surface area contributed by atoms with E-state index in [0.29, 0.717) is 18.1 Å². The average molecular weight is 396 g/mol. The number of rotatable bonds is 7. The van der Waals surface area contributed by atoms with Gasteiger partial charge in [-0.1, -0.05) is 6.07 Å². The van der Waals surface area contributed by atoms with Crippen LogP contribution in [0.25, 0.3) is 0 Å². The lowest BCUT2D eigenvalue weighted by molar-refractivity contribution is 0.103. The Balaban J connectivity index is 1.61. The van der Waals surface area contributed by atoms with Crippen LogP contribution >= 0.6 is 11.3 Å². The third-order valence-corrected chi connectivity index (χ3v) is 5.44. The lowest BCUT2D eigenvalue weighted by Crippen LogP contribution is -2.10. The first kappa shape index (κ1) is 20.0. The topological polar surface area (TPSA) is 47.6 Å². The van der Waals surface area contributed by atoms with Gasteiger partial charge in [-0.05, 0) is 86.2 Å². The number of carbonyl (C=O) groups excluding carboxylic acids is 1. The van der Waals surface area contributed by atoms with E-state index in [0.717, 1.165) is 28.3 Å². The van der Waals surface area contributed by atoms with Crippen LogP contribution < -0.4 is 14.8 Å². The monoisotopic (exact) mass is 395 g/mol. The van der Waals surface area contributed by atoms with Crippen molar-refractivity contribution in [2.75, 3.05) is 11.9 Å². The largest absolute Gasteiger partial charge is 0.494 e. The Morgan fingerprint density at radius 3 is 2.50 bits per heavy atom. The first-order valence-corrected chi connectivity index (χ1v) is 10.2. The SMILES string of the molecule is CCOc1ccc(NC(=O)c2cc(COc3cc(C)cc(C)c3C)cs2)cc1. The van der Waals surface area contributed by atoms with Crippen molar-refractivity contribution in [3.05, 3.63) is 75.0 Å². The van der Waals surface area contributed by atoms with Gasteiger partial charge in [-0.2, -0.15) is 0 Å². The molecule has 1 amide bonds. The predicted octanol–water partition coefficient (Wildman–Crippen LogP) is 5.90. The van der Waals surface area contributed by atoms with Gasteiger partial charge in [0.1, 0.15) is 18.1 Å². The summed E-state index contributed by atoms with van der Waals surface area (Å²) in [6.07, 6.45) is 0. The quantitative estimate of drug-likeness (QED) is 0.541. The number of benzene rings is 2. The van der Waals surface area contributed by atoms with Crippen LogP contribution in [0.4, 0.5) is 5.69 Å². The van der Waals surface area contributed by atoms with Gasteiger partial charge in [0.05, 0.1) is 11.5 Å². The minimum absolute atomic E-state index is 0.122. The summed E-state index contributed by atoms with van der Waals surface area (Å²) in [6, 6.07) is 13.4. The molecule has 0 radical (unpaired) electrons. The van der Waals surface area contributed by atoms with Crippen molar-refractivity contribution in [1.82, 2.24) is 0 Å². The molecule has 5 heteroatoms. The maximum atomic E-state index is 12.5. The predicted molar refractivity (Wildman–Crippen MR) is 115 cm³/mol. The van der Waals surface area contributed by atoms with Crippen LogP contribution in [0.3, 0.4) is 0 Å². The zero-order valence-corrected chi connectivity index (χ0v) is 17.5. The first-order valence-electron chi connectivity index (χ1n) is 9.28. The van der Waals surface area contributed by atoms with Gasteiger partial charge in [-0.25, -0.2) is 0 Å². The highest BCUT2D eigenvalue weighted by Gasteiger charge is 2.11. The smallest absolute Gasteiger partial charge is 0.265 e. The van der Waals surface area contributed by atoms with Crippen LogP contribution in [0.5, 0.6) is 11.5 Å². The van der Waals surface area contributed by atoms with Crippen LogP contribution in [0, 0.1) is 20.8 Å². The van der Waals surface area contributed by atoms with E-state index < -0.39 is 0 Å². The standard InChI is InChI=1S/C23H25NO3S/c1-5-26-20-8-6-19(7-9-20)24-23(25)22-12-18(14-28-22)13-27-21-11-15(2)10-16(3)17(21)4/h6-12,14H,5,13H2,1-4H3,(H,24,25). The molecule has 0 saturated carbocycles. The number of amides is 1. The van der Waals surface area contributed by atoms with E-state index >= 15 is 0 Å². The number of nitrogens with one attached hydrogen (secondary N) is 1. The lowest BCUT2D eigenvalue weighted by atomic mass is 10.1. The van der Waals surface area contributed by atoms with E-state index in [9.17, 15) is 4.79 Å². The highest BCUT2D eigenvalue weighted by atomic mass is 32.1. The third kappa shape index (κ3) is 4.93. The molecule has 0 aliphatic rings. The minimum Gasteiger partial charge on any atom is -0.494 e. The molecule has 0 bridgehead atoms. The molecule has 0 saturated heterocycles. The molecule has 0 spiro atoms. The molecule has 0 aliphatic heterocycles. The normalized spacial score (nSPS) is 10.6. The minimum atomic E-state index is -0.122. The Morgan fingerprint density at radius 1 is 1.04 bits per heavy atom. The van der Waals surface area contributed by atoms with Crippen molar-refractivity contribution in [3.63, 3.8) is 0 Å². The summed E-state index contributed by atoms with van der Waals surface area (Å²) in [6.45, 7) is 9.21. The summed E-state index contributed by atoms with van der Waals surface area (Å²) in [7, 11) is 0. The number of ether oxygens (including phenoxy) is 2. The Hall–Kier alpha value is -2.79. The summed E-state index contributed by atoms with van der Waals surface area (Å²) in [5.74, 6) is 1.56. The fourth-order valence-electron chi connectivity index (χ4n) is 2.88. The molecule has 1 aromatic heterocycles. The van der Waals surface area contributed by atoms with E-state index in [4.69, 9.17) is 9.47 Å². The summed E-state index contributed by atoms with van der Waals surface area (Å²) >= 11 is 1.42. The third-order valence-electron chi connectivity index (χ3n) is 4.46. The summed E-state index contributed by atoms with van der Waals surface area (Å²) in [4.78, 5) is 13.1. The van der Waals surface area contributed by atoms with Gasteiger partial charge in [-0.3, -0.25) is 4.79 Å². The fourth-order valence-corrected chi connectivity index (χ4v) is 3.67. The molecule has 0 unspecified atom stereocenters. The van der Waals surface area contributed by atoms with Gasteiger partial charge in [0.15, 0.2) is 0 Å². The van der Waals surface area contributed by atoms with Crippen molar-refractivity contribution >= 4 is 22.9 Å². The summed E-state index contributed by atoms with van der Waals surface area (Å²) in [5.41, 5.74) is 5.27.